The summed E-state index contributed by atoms with van der Waals surface area (Å²) in [4.78, 5) is 15.2. The second kappa shape index (κ2) is 12.2. The predicted molar refractivity (Wildman–Crippen MR) is 218 cm³/mol. The quantitative estimate of drug-likeness (QED) is 0.180. The van der Waals surface area contributed by atoms with E-state index in [-0.39, 0.29) is 5.41 Å². The number of nitrogens with zero attached hydrogens (tertiary/aromatic N) is 5. The van der Waals surface area contributed by atoms with Gasteiger partial charge in [-0.05, 0) is 75.8 Å². The van der Waals surface area contributed by atoms with Crippen LogP contribution in [0.5, 0.6) is 0 Å². The zero-order valence-electron chi connectivity index (χ0n) is 29.8. The van der Waals surface area contributed by atoms with E-state index >= 15 is 0 Å². The molecular weight excluding hydrogens is 659 g/mol. The second-order valence-corrected chi connectivity index (χ2v) is 14.4. The molecule has 5 heteroatoms. The van der Waals surface area contributed by atoms with E-state index in [1.165, 1.54) is 33.0 Å². The van der Waals surface area contributed by atoms with Crippen molar-refractivity contribution in [2.75, 3.05) is 0 Å². The minimum atomic E-state index is -0.183. The summed E-state index contributed by atoms with van der Waals surface area (Å²) in [7, 11) is 0. The Hall–Kier alpha value is -7.16. The van der Waals surface area contributed by atoms with Gasteiger partial charge >= 0.3 is 0 Å². The summed E-state index contributed by atoms with van der Waals surface area (Å²) in [5, 5.41) is 12.3. The van der Waals surface area contributed by atoms with Crippen LogP contribution in [0.2, 0.25) is 0 Å². The minimum Gasteiger partial charge on any atom is -0.309 e. The van der Waals surface area contributed by atoms with Crippen molar-refractivity contribution in [2.45, 2.75) is 19.3 Å². The molecule has 0 unspecified atom stereocenters. The highest BCUT2D eigenvalue weighted by molar-refractivity contribution is 6.14. The lowest BCUT2D eigenvalue weighted by Gasteiger charge is -2.22. The third kappa shape index (κ3) is 4.96. The van der Waals surface area contributed by atoms with Crippen molar-refractivity contribution in [3.63, 3.8) is 0 Å². The normalized spacial score (nSPS) is 12.8. The third-order valence-corrected chi connectivity index (χ3v) is 10.8. The number of hydrogen-bond donors (Lipinski definition) is 0. The first-order chi connectivity index (χ1) is 26.5. The fourth-order valence-electron chi connectivity index (χ4n) is 8.35. The smallest absolute Gasteiger partial charge is 0.164 e. The number of rotatable bonds is 5. The fraction of sp³-hybridized carbons (Fsp3) is 0.0612. The standard InChI is InChI=1S/C49H33N5/c1-49(2)41-22-11-9-20-38(41)39-24-25-43-44(45(39)49)40-21-10-12-23-42(40)54(43)37-28-35(34-19-13-14-31(26-34)30-50)27-36(29-37)48-52-46(32-15-5-3-6-16-32)51-47(53-48)33-17-7-4-8-18-33/h3-29H,1-2H3. The van der Waals surface area contributed by atoms with Crippen LogP contribution in [0.25, 0.3) is 83.9 Å². The number of hydrogen-bond acceptors (Lipinski definition) is 4. The molecule has 254 valence electrons. The molecule has 2 aromatic heterocycles. The number of para-hydroxylation sites is 1. The van der Waals surface area contributed by atoms with Gasteiger partial charge in [-0.15, -0.1) is 0 Å². The zero-order valence-corrected chi connectivity index (χ0v) is 29.8. The average molecular weight is 692 g/mol. The molecule has 2 heterocycles. The summed E-state index contributed by atoms with van der Waals surface area (Å²) in [6.07, 6.45) is 0. The maximum absolute atomic E-state index is 9.86. The lowest BCUT2D eigenvalue weighted by molar-refractivity contribution is 0.666. The van der Waals surface area contributed by atoms with Crippen LogP contribution in [0.1, 0.15) is 30.5 Å². The molecule has 0 amide bonds. The second-order valence-electron chi connectivity index (χ2n) is 14.4. The van der Waals surface area contributed by atoms with Gasteiger partial charge in [0.25, 0.3) is 0 Å². The van der Waals surface area contributed by atoms with E-state index in [9.17, 15) is 5.26 Å². The van der Waals surface area contributed by atoms with Crippen molar-refractivity contribution < 1.29 is 0 Å². The predicted octanol–water partition coefficient (Wildman–Crippen LogP) is 11.8. The number of aromatic nitrogens is 4. The van der Waals surface area contributed by atoms with E-state index in [4.69, 9.17) is 15.0 Å². The van der Waals surface area contributed by atoms with Crippen LogP contribution in [0.4, 0.5) is 0 Å². The SMILES string of the molecule is CC1(C)c2ccccc2-c2ccc3c(c21)c1ccccc1n3-c1cc(-c2cccc(C#N)c2)cc(-c2nc(-c3ccccc3)nc(-c3ccccc3)n2)c1. The molecule has 1 aliphatic rings. The Morgan fingerprint density at radius 2 is 1.11 bits per heavy atom. The van der Waals surface area contributed by atoms with E-state index in [1.54, 1.807) is 0 Å². The van der Waals surface area contributed by atoms with Gasteiger partial charge in [-0.1, -0.05) is 135 Å². The summed E-state index contributed by atoms with van der Waals surface area (Å²) in [6, 6.07) is 58.8. The van der Waals surface area contributed by atoms with Crippen LogP contribution in [0, 0.1) is 11.3 Å². The highest BCUT2D eigenvalue weighted by atomic mass is 15.0. The Morgan fingerprint density at radius 1 is 0.500 bits per heavy atom. The van der Waals surface area contributed by atoms with Gasteiger partial charge in [-0.2, -0.15) is 5.26 Å². The van der Waals surface area contributed by atoms with Gasteiger partial charge < -0.3 is 4.57 Å². The number of nitriles is 1. The maximum Gasteiger partial charge on any atom is 0.164 e. The zero-order chi connectivity index (χ0) is 36.4. The van der Waals surface area contributed by atoms with Crippen LogP contribution in [-0.4, -0.2) is 19.5 Å². The molecular formula is C49H33N5. The first-order valence-corrected chi connectivity index (χ1v) is 18.2. The Kier molecular flexibility index (Phi) is 7.14. The molecule has 1 aliphatic carbocycles. The molecule has 0 fully saturated rings. The van der Waals surface area contributed by atoms with Gasteiger partial charge in [0.2, 0.25) is 0 Å². The summed E-state index contributed by atoms with van der Waals surface area (Å²) in [6.45, 7) is 4.69. The molecule has 54 heavy (non-hydrogen) atoms. The fourth-order valence-corrected chi connectivity index (χ4v) is 8.35. The monoisotopic (exact) mass is 691 g/mol. The summed E-state index contributed by atoms with van der Waals surface area (Å²) in [5.74, 6) is 1.78. The van der Waals surface area contributed by atoms with Crippen molar-refractivity contribution >= 4 is 21.8 Å². The van der Waals surface area contributed by atoms with Gasteiger partial charge in [0.15, 0.2) is 17.5 Å². The Balaban J connectivity index is 1.27. The lowest BCUT2D eigenvalue weighted by atomic mass is 9.80. The summed E-state index contributed by atoms with van der Waals surface area (Å²) in [5.41, 5.74) is 13.5. The first kappa shape index (κ1) is 31.6. The van der Waals surface area contributed by atoms with Crippen molar-refractivity contribution in [3.05, 3.63) is 180 Å². The molecule has 0 saturated carbocycles. The van der Waals surface area contributed by atoms with Crippen LogP contribution in [-0.2, 0) is 5.41 Å². The Bertz CT molecular complexity index is 2910. The van der Waals surface area contributed by atoms with Crippen molar-refractivity contribution in [2.24, 2.45) is 0 Å². The highest BCUT2D eigenvalue weighted by Gasteiger charge is 2.38. The Labute approximate surface area is 313 Å². The molecule has 9 aromatic rings. The number of fused-ring (bicyclic) bond motifs is 7. The van der Waals surface area contributed by atoms with E-state index in [2.05, 4.69) is 109 Å². The van der Waals surface area contributed by atoms with Gasteiger partial charge in [0, 0.05) is 38.6 Å². The third-order valence-electron chi connectivity index (χ3n) is 10.8. The van der Waals surface area contributed by atoms with Gasteiger partial charge in [-0.3, -0.25) is 0 Å². The topological polar surface area (TPSA) is 67.4 Å². The highest BCUT2D eigenvalue weighted by Crippen LogP contribution is 2.53. The Morgan fingerprint density at radius 3 is 1.83 bits per heavy atom. The average Bonchev–Trinajstić information content (AvgIpc) is 3.69. The molecule has 0 spiro atoms. The molecule has 5 nitrogen and oxygen atoms in total. The molecule has 0 N–H and O–H groups in total. The summed E-state index contributed by atoms with van der Waals surface area (Å²) < 4.78 is 2.38. The maximum atomic E-state index is 9.86. The first-order valence-electron chi connectivity index (χ1n) is 18.2. The van der Waals surface area contributed by atoms with E-state index in [0.29, 0.717) is 23.0 Å². The molecule has 0 radical (unpaired) electrons. The molecule has 10 rings (SSSR count). The molecule has 0 saturated heterocycles. The van der Waals surface area contributed by atoms with Gasteiger partial charge in [-0.25, -0.2) is 15.0 Å². The lowest BCUT2D eigenvalue weighted by Crippen LogP contribution is -2.15. The van der Waals surface area contributed by atoms with Crippen molar-refractivity contribution in [1.82, 2.24) is 19.5 Å². The van der Waals surface area contributed by atoms with Crippen LogP contribution >= 0.6 is 0 Å². The molecule has 0 bridgehead atoms. The van der Waals surface area contributed by atoms with Crippen LogP contribution < -0.4 is 0 Å². The summed E-state index contributed by atoms with van der Waals surface area (Å²) >= 11 is 0. The molecule has 0 atom stereocenters. The van der Waals surface area contributed by atoms with E-state index in [0.717, 1.165) is 44.5 Å². The largest absolute Gasteiger partial charge is 0.309 e. The van der Waals surface area contributed by atoms with E-state index in [1.807, 2.05) is 78.9 Å². The molecule has 7 aromatic carbocycles. The van der Waals surface area contributed by atoms with Crippen molar-refractivity contribution in [3.8, 4) is 68.2 Å². The van der Waals surface area contributed by atoms with Crippen molar-refractivity contribution in [1.29, 1.82) is 5.26 Å². The van der Waals surface area contributed by atoms with Crippen LogP contribution in [0.3, 0.4) is 0 Å². The van der Waals surface area contributed by atoms with Gasteiger partial charge in [0.05, 0.1) is 22.7 Å². The molecule has 0 aliphatic heterocycles. The number of benzene rings is 7. The van der Waals surface area contributed by atoms with Gasteiger partial charge in [0.1, 0.15) is 0 Å². The van der Waals surface area contributed by atoms with E-state index < -0.39 is 0 Å². The van der Waals surface area contributed by atoms with Crippen LogP contribution in [0.15, 0.2) is 164 Å². The minimum absolute atomic E-state index is 0.183.